The second-order valence-electron chi connectivity index (χ2n) is 10.5. The third-order valence-electron chi connectivity index (χ3n) is 7.45. The number of benzene rings is 1. The highest BCUT2D eigenvalue weighted by Gasteiger charge is 2.54. The number of urea groups is 1. The number of hydrogen-bond acceptors (Lipinski definition) is 13. The molecule has 0 aliphatic carbocycles. The Morgan fingerprint density at radius 2 is 1.92 bits per heavy atom. The van der Waals surface area contributed by atoms with E-state index in [1.165, 1.54) is 34.4 Å². The number of carboxylic acids is 1. The van der Waals surface area contributed by atoms with Crippen molar-refractivity contribution in [2.75, 3.05) is 24.6 Å². The first-order chi connectivity index (χ1) is 23.1. The van der Waals surface area contributed by atoms with Gasteiger partial charge in [-0.2, -0.15) is 5.10 Å². The molecule has 20 heteroatoms. The summed E-state index contributed by atoms with van der Waals surface area (Å²) in [5.41, 5.74) is 1.06. The van der Waals surface area contributed by atoms with E-state index in [1.54, 1.807) is 48.8 Å². The average Bonchev–Trinajstić information content (AvgIpc) is 3.77. The van der Waals surface area contributed by atoms with Gasteiger partial charge in [0, 0.05) is 23.4 Å². The van der Waals surface area contributed by atoms with Crippen molar-refractivity contribution in [2.45, 2.75) is 22.6 Å². The van der Waals surface area contributed by atoms with E-state index in [1.807, 2.05) is 6.07 Å². The fraction of sp³-hybridized carbons (Fsp3) is 0.286. The Balaban J connectivity index is 1.11. The van der Waals surface area contributed by atoms with Crippen LogP contribution in [0.5, 0.6) is 0 Å². The highest BCUT2D eigenvalue weighted by Crippen LogP contribution is 2.41. The molecule has 0 radical (unpaired) electrons. The Labute approximate surface area is 284 Å². The molecule has 0 saturated carbocycles. The van der Waals surface area contributed by atoms with Gasteiger partial charge in [-0.15, -0.1) is 28.2 Å². The molecule has 2 saturated heterocycles. The number of carbonyl (C=O) groups is 6. The lowest BCUT2D eigenvalue weighted by molar-refractivity contribution is -0.153. The first-order valence-electron chi connectivity index (χ1n) is 14.3. The lowest BCUT2D eigenvalue weighted by Gasteiger charge is -2.49. The van der Waals surface area contributed by atoms with Crippen molar-refractivity contribution in [2.24, 2.45) is 12.1 Å². The van der Waals surface area contributed by atoms with E-state index in [9.17, 15) is 33.9 Å². The van der Waals surface area contributed by atoms with Crippen LogP contribution in [0.2, 0.25) is 0 Å². The number of hydrogen-bond donors (Lipinski definition) is 3. The van der Waals surface area contributed by atoms with Crippen LogP contribution in [0.15, 0.2) is 69.4 Å². The third-order valence-corrected chi connectivity index (χ3v) is 10.8. The number of nitrogens with one attached hydrogen (secondary N) is 2. The van der Waals surface area contributed by atoms with Gasteiger partial charge in [0.15, 0.2) is 0 Å². The molecule has 248 valence electrons. The number of aromatic nitrogens is 4. The van der Waals surface area contributed by atoms with E-state index >= 15 is 0 Å². The molecular weight excluding hydrogens is 685 g/mol. The van der Waals surface area contributed by atoms with Gasteiger partial charge in [0.05, 0.1) is 19.3 Å². The van der Waals surface area contributed by atoms with Crippen molar-refractivity contribution < 1.29 is 33.9 Å². The van der Waals surface area contributed by atoms with Crippen molar-refractivity contribution >= 4 is 76.7 Å². The second-order valence-corrected chi connectivity index (χ2v) is 13.5. The quantitative estimate of drug-likeness (QED) is 0.112. The third kappa shape index (κ3) is 6.53. The number of fused-ring (bicyclic) bond motifs is 1. The highest BCUT2D eigenvalue weighted by atomic mass is 32.2. The van der Waals surface area contributed by atoms with Crippen LogP contribution < -0.4 is 10.6 Å². The van der Waals surface area contributed by atoms with E-state index < -0.39 is 53.1 Å². The Morgan fingerprint density at radius 1 is 1.12 bits per heavy atom. The minimum Gasteiger partial charge on any atom is -0.477 e. The van der Waals surface area contributed by atoms with Crippen molar-refractivity contribution in [1.82, 2.24) is 45.6 Å². The molecule has 3 aromatic rings. The van der Waals surface area contributed by atoms with Gasteiger partial charge in [-0.25, -0.2) is 19.3 Å². The van der Waals surface area contributed by atoms with E-state index in [2.05, 4.69) is 31.3 Å². The van der Waals surface area contributed by atoms with Crippen LogP contribution in [-0.4, -0.2) is 118 Å². The SMILES string of the molecule is Cn1nnnc1SCC1=C(C(=O)O)N2C(=O)[C@H](NC(=O)C(NC(=O)N3CCN(/N=C/c4ccccc4)C(=O)C3=O)c3cccs3)C2SC1. The van der Waals surface area contributed by atoms with Gasteiger partial charge in [-0.05, 0) is 33.0 Å². The smallest absolute Gasteiger partial charge is 0.352 e. The molecule has 6 amide bonds. The number of tetrazole rings is 1. The molecule has 2 unspecified atom stereocenters. The zero-order chi connectivity index (χ0) is 33.9. The molecule has 5 heterocycles. The Hall–Kier alpha value is -5.08. The topological polar surface area (TPSA) is 212 Å². The summed E-state index contributed by atoms with van der Waals surface area (Å²) in [6.45, 7) is -0.230. The maximum Gasteiger partial charge on any atom is 0.352 e. The maximum absolute atomic E-state index is 13.6. The number of aliphatic carboxylic acids is 1. The van der Waals surface area contributed by atoms with Gasteiger partial charge in [-0.1, -0.05) is 48.2 Å². The Kier molecular flexibility index (Phi) is 9.55. The summed E-state index contributed by atoms with van der Waals surface area (Å²) in [5, 5.41) is 32.9. The van der Waals surface area contributed by atoms with Crippen molar-refractivity contribution in [3.05, 3.63) is 69.6 Å². The predicted molar refractivity (Wildman–Crippen MR) is 172 cm³/mol. The lowest BCUT2D eigenvalue weighted by Crippen LogP contribution is -2.71. The van der Waals surface area contributed by atoms with Gasteiger partial charge < -0.3 is 15.7 Å². The zero-order valence-corrected chi connectivity index (χ0v) is 27.4. The number of rotatable bonds is 10. The summed E-state index contributed by atoms with van der Waals surface area (Å²) in [7, 11) is 1.65. The lowest BCUT2D eigenvalue weighted by atomic mass is 10.0. The zero-order valence-electron chi connectivity index (χ0n) is 25.0. The molecule has 1 aromatic carbocycles. The number of amides is 6. The molecular formula is C28H26N10O7S3. The molecule has 2 fully saturated rings. The molecule has 6 rings (SSSR count). The molecule has 3 N–H and O–H groups in total. The Morgan fingerprint density at radius 3 is 2.60 bits per heavy atom. The molecule has 17 nitrogen and oxygen atoms in total. The number of piperazine rings is 1. The van der Waals surface area contributed by atoms with E-state index in [0.717, 1.165) is 21.2 Å². The predicted octanol–water partition coefficient (Wildman–Crippen LogP) is 0.258. The van der Waals surface area contributed by atoms with E-state index in [0.29, 0.717) is 26.1 Å². The standard InChI is InChI=1S/C28H26N10O7S3/c1-35-28(32-33-34-35)48-14-16-13-47-25-19(22(40)38(25)20(16)26(43)44)30-21(39)18(17-8-5-11-46-17)31-27(45)36-9-10-37(24(42)23(36)41)29-12-15-6-3-2-4-7-15/h2-8,11-12,18-19,25H,9-10,13-14H2,1H3,(H,30,39)(H,31,45)(H,43,44)/b29-12+/t18?,19-,25?/m0/s1. The van der Waals surface area contributed by atoms with Gasteiger partial charge in [0.2, 0.25) is 11.1 Å². The molecule has 3 atom stereocenters. The van der Waals surface area contributed by atoms with Crippen LogP contribution in [0.4, 0.5) is 4.79 Å². The van der Waals surface area contributed by atoms with E-state index in [-0.39, 0.29) is 30.3 Å². The summed E-state index contributed by atoms with van der Waals surface area (Å²) >= 11 is 3.69. The largest absolute Gasteiger partial charge is 0.477 e. The molecule has 0 bridgehead atoms. The second kappa shape index (κ2) is 14.0. The fourth-order valence-corrected chi connectivity index (χ4v) is 8.16. The van der Waals surface area contributed by atoms with Crippen molar-refractivity contribution in [1.29, 1.82) is 0 Å². The normalized spacial score (nSPS) is 20.1. The number of thioether (sulfide) groups is 2. The fourth-order valence-electron chi connectivity index (χ4n) is 5.05. The van der Waals surface area contributed by atoms with Crippen molar-refractivity contribution in [3.63, 3.8) is 0 Å². The number of thiophene rings is 1. The highest BCUT2D eigenvalue weighted by molar-refractivity contribution is 8.01. The monoisotopic (exact) mass is 710 g/mol. The molecule has 0 spiro atoms. The summed E-state index contributed by atoms with van der Waals surface area (Å²) in [4.78, 5) is 80.3. The van der Waals surface area contributed by atoms with Crippen LogP contribution in [0.3, 0.4) is 0 Å². The summed E-state index contributed by atoms with van der Waals surface area (Å²) in [6, 6.07) is 8.88. The molecule has 2 aromatic heterocycles. The van der Waals surface area contributed by atoms with Crippen LogP contribution in [0.25, 0.3) is 0 Å². The first-order valence-corrected chi connectivity index (χ1v) is 17.2. The maximum atomic E-state index is 13.6. The number of nitrogens with zero attached hydrogens (tertiary/aromatic N) is 8. The molecule has 48 heavy (non-hydrogen) atoms. The van der Waals surface area contributed by atoms with Gasteiger partial charge in [-0.3, -0.25) is 29.0 Å². The minimum atomic E-state index is -1.31. The first kappa shape index (κ1) is 32.8. The number of aryl methyl sites for hydroxylation is 1. The molecule has 3 aliphatic heterocycles. The summed E-state index contributed by atoms with van der Waals surface area (Å²) in [5.74, 6) is -4.25. The molecule has 3 aliphatic rings. The van der Waals surface area contributed by atoms with Gasteiger partial charge >= 0.3 is 23.8 Å². The number of β-lactam (4-membered cyclic amide) rings is 1. The van der Waals surface area contributed by atoms with Crippen molar-refractivity contribution in [3.8, 4) is 0 Å². The van der Waals surface area contributed by atoms with Crippen LogP contribution in [0.1, 0.15) is 16.5 Å². The average molecular weight is 711 g/mol. The summed E-state index contributed by atoms with van der Waals surface area (Å²) in [6.07, 6.45) is 1.43. The Bertz CT molecular complexity index is 1830. The number of carboxylic acid groups (broad SMARTS) is 1. The number of hydrazone groups is 1. The van der Waals surface area contributed by atoms with Gasteiger partial charge in [0.1, 0.15) is 23.2 Å². The van der Waals surface area contributed by atoms with Crippen LogP contribution in [0, 0.1) is 0 Å². The number of carbonyl (C=O) groups excluding carboxylic acids is 5. The minimum absolute atomic E-state index is 0.0576. The number of imide groups is 1. The van der Waals surface area contributed by atoms with Gasteiger partial charge in [0.25, 0.3) is 5.91 Å². The van der Waals surface area contributed by atoms with Crippen LogP contribution in [-0.2, 0) is 31.0 Å². The van der Waals surface area contributed by atoms with E-state index in [4.69, 9.17) is 0 Å². The van der Waals surface area contributed by atoms with Crippen LogP contribution >= 0.6 is 34.9 Å². The summed E-state index contributed by atoms with van der Waals surface area (Å²) < 4.78 is 1.45.